The summed E-state index contributed by atoms with van der Waals surface area (Å²) in [6, 6.07) is 16.2. The highest BCUT2D eigenvalue weighted by Gasteiger charge is 2.16. The number of halogens is 1. The van der Waals surface area contributed by atoms with Gasteiger partial charge in [-0.2, -0.15) is 4.68 Å². The zero-order valence-electron chi connectivity index (χ0n) is 16.7. The molecule has 0 N–H and O–H groups in total. The minimum atomic E-state index is -0.425. The van der Waals surface area contributed by atoms with Crippen molar-refractivity contribution in [3.8, 4) is 11.4 Å². The first-order valence-corrected chi connectivity index (χ1v) is 9.89. The summed E-state index contributed by atoms with van der Waals surface area (Å²) in [6.07, 6.45) is 1.34. The summed E-state index contributed by atoms with van der Waals surface area (Å²) in [5.41, 5.74) is 0.759. The second-order valence-electron chi connectivity index (χ2n) is 6.80. The highest BCUT2D eigenvalue weighted by molar-refractivity contribution is 6.30. The van der Waals surface area contributed by atoms with Gasteiger partial charge in [-0.15, -0.1) is 5.10 Å². The molecule has 9 nitrogen and oxygen atoms in total. The van der Waals surface area contributed by atoms with Crippen LogP contribution in [-0.4, -0.2) is 55.6 Å². The van der Waals surface area contributed by atoms with Gasteiger partial charge in [0.05, 0.1) is 12.2 Å². The summed E-state index contributed by atoms with van der Waals surface area (Å²) in [4.78, 5) is 31.1. The lowest BCUT2D eigenvalue weighted by Gasteiger charge is -2.18. The molecule has 2 aromatic heterocycles. The van der Waals surface area contributed by atoms with E-state index < -0.39 is 5.56 Å². The lowest BCUT2D eigenvalue weighted by Crippen LogP contribution is -2.36. The second kappa shape index (κ2) is 8.97. The maximum Gasteiger partial charge on any atom is 0.284 e. The molecule has 0 atom stereocenters. The normalized spacial score (nSPS) is 10.9. The molecule has 10 heteroatoms. The van der Waals surface area contributed by atoms with Crippen molar-refractivity contribution in [2.45, 2.75) is 6.54 Å². The molecule has 0 bridgehead atoms. The van der Waals surface area contributed by atoms with E-state index in [1.54, 1.807) is 31.3 Å². The standard InChI is InChI=1S/C21H19ClN6O3/c1-26(11-12-31-17-9-7-15(22)8-10-17)18(29)13-27-14-23-20-19(21(27)30)24-25-28(20)16-5-3-2-4-6-16/h2-10,14H,11-13H2,1H3. The number of carbonyl (C=O) groups is 1. The van der Waals surface area contributed by atoms with Gasteiger partial charge in [-0.3, -0.25) is 14.2 Å². The molecule has 0 aliphatic carbocycles. The average Bonchev–Trinajstić information content (AvgIpc) is 3.22. The summed E-state index contributed by atoms with van der Waals surface area (Å²) in [5, 5.41) is 8.61. The van der Waals surface area contributed by atoms with Crippen molar-refractivity contribution in [1.82, 2.24) is 29.4 Å². The van der Waals surface area contributed by atoms with Gasteiger partial charge in [-0.05, 0) is 36.4 Å². The highest BCUT2D eigenvalue weighted by Crippen LogP contribution is 2.15. The number of aromatic nitrogens is 5. The molecule has 0 saturated carbocycles. The maximum atomic E-state index is 12.8. The number of para-hydroxylation sites is 1. The van der Waals surface area contributed by atoms with Crippen LogP contribution in [-0.2, 0) is 11.3 Å². The Labute approximate surface area is 182 Å². The fourth-order valence-corrected chi connectivity index (χ4v) is 3.05. The minimum Gasteiger partial charge on any atom is -0.492 e. The zero-order valence-corrected chi connectivity index (χ0v) is 17.4. The van der Waals surface area contributed by atoms with Crippen molar-refractivity contribution >= 4 is 28.7 Å². The molecule has 1 amide bonds. The van der Waals surface area contributed by atoms with Crippen LogP contribution < -0.4 is 10.3 Å². The van der Waals surface area contributed by atoms with Crippen LogP contribution >= 0.6 is 11.6 Å². The summed E-state index contributed by atoms with van der Waals surface area (Å²) < 4.78 is 8.32. The molecule has 31 heavy (non-hydrogen) atoms. The molecule has 0 spiro atoms. The van der Waals surface area contributed by atoms with Gasteiger partial charge in [0.15, 0.2) is 11.2 Å². The number of ether oxygens (including phenoxy) is 1. The number of hydrogen-bond donors (Lipinski definition) is 0. The monoisotopic (exact) mass is 438 g/mol. The Morgan fingerprint density at radius 3 is 2.61 bits per heavy atom. The molecule has 0 aliphatic heterocycles. The lowest BCUT2D eigenvalue weighted by molar-refractivity contribution is -0.130. The molecule has 0 radical (unpaired) electrons. The maximum absolute atomic E-state index is 12.8. The minimum absolute atomic E-state index is 0.105. The van der Waals surface area contributed by atoms with Crippen LogP contribution in [0.4, 0.5) is 0 Å². The third-order valence-electron chi connectivity index (χ3n) is 4.67. The van der Waals surface area contributed by atoms with Crippen LogP contribution in [0, 0.1) is 0 Å². The van der Waals surface area contributed by atoms with Gasteiger partial charge < -0.3 is 9.64 Å². The highest BCUT2D eigenvalue weighted by atomic mass is 35.5. The Bertz CT molecular complexity index is 1250. The number of hydrogen-bond acceptors (Lipinski definition) is 6. The zero-order chi connectivity index (χ0) is 21.8. The van der Waals surface area contributed by atoms with Crippen LogP contribution in [0.3, 0.4) is 0 Å². The molecule has 0 aliphatic rings. The smallest absolute Gasteiger partial charge is 0.284 e. The Morgan fingerprint density at radius 1 is 1.13 bits per heavy atom. The van der Waals surface area contributed by atoms with Crippen LogP contribution in [0.1, 0.15) is 0 Å². The van der Waals surface area contributed by atoms with Gasteiger partial charge in [0.1, 0.15) is 25.2 Å². The summed E-state index contributed by atoms with van der Waals surface area (Å²) >= 11 is 5.85. The number of amides is 1. The molecule has 4 aromatic rings. The molecule has 0 fully saturated rings. The molecule has 4 rings (SSSR count). The molecule has 158 valence electrons. The van der Waals surface area contributed by atoms with E-state index in [1.807, 2.05) is 30.3 Å². The van der Waals surface area contributed by atoms with Gasteiger partial charge in [0, 0.05) is 12.1 Å². The predicted molar refractivity (Wildman–Crippen MR) is 116 cm³/mol. The predicted octanol–water partition coefficient (Wildman–Crippen LogP) is 2.17. The van der Waals surface area contributed by atoms with E-state index in [-0.39, 0.29) is 18.0 Å². The fraction of sp³-hybridized carbons (Fsp3) is 0.190. The molecule has 0 saturated heterocycles. The quantitative estimate of drug-likeness (QED) is 0.439. The second-order valence-corrected chi connectivity index (χ2v) is 7.24. The number of nitrogens with zero attached hydrogens (tertiary/aromatic N) is 6. The number of fused-ring (bicyclic) bond motifs is 1. The Balaban J connectivity index is 1.41. The topological polar surface area (TPSA) is 95.1 Å². The Hall–Kier alpha value is -3.72. The van der Waals surface area contributed by atoms with Crippen LogP contribution in [0.5, 0.6) is 5.75 Å². The van der Waals surface area contributed by atoms with E-state index in [0.29, 0.717) is 29.6 Å². The van der Waals surface area contributed by atoms with Crippen LogP contribution in [0.25, 0.3) is 16.9 Å². The van der Waals surface area contributed by atoms with E-state index in [1.165, 1.54) is 20.5 Å². The SMILES string of the molecule is CN(CCOc1ccc(Cl)cc1)C(=O)Cn1cnc2c(nnn2-c2ccccc2)c1=O. The van der Waals surface area contributed by atoms with E-state index in [2.05, 4.69) is 15.3 Å². The third-order valence-corrected chi connectivity index (χ3v) is 4.92. The van der Waals surface area contributed by atoms with Gasteiger partial charge in [0.25, 0.3) is 5.56 Å². The lowest BCUT2D eigenvalue weighted by atomic mass is 10.3. The van der Waals surface area contributed by atoms with Crippen molar-refractivity contribution in [1.29, 1.82) is 0 Å². The first-order valence-electron chi connectivity index (χ1n) is 9.51. The van der Waals surface area contributed by atoms with E-state index in [4.69, 9.17) is 16.3 Å². The van der Waals surface area contributed by atoms with Crippen molar-refractivity contribution in [3.63, 3.8) is 0 Å². The fourth-order valence-electron chi connectivity index (χ4n) is 2.92. The van der Waals surface area contributed by atoms with E-state index in [0.717, 1.165) is 5.69 Å². The van der Waals surface area contributed by atoms with Crippen LogP contribution in [0.15, 0.2) is 65.7 Å². The molecular weight excluding hydrogens is 420 g/mol. The molecule has 0 unspecified atom stereocenters. The number of likely N-dealkylation sites (N-methyl/N-ethyl adjacent to an activating group) is 1. The van der Waals surface area contributed by atoms with E-state index in [9.17, 15) is 9.59 Å². The molecular formula is C21H19ClN6O3. The number of carbonyl (C=O) groups excluding carboxylic acids is 1. The van der Waals surface area contributed by atoms with Gasteiger partial charge >= 0.3 is 0 Å². The van der Waals surface area contributed by atoms with E-state index >= 15 is 0 Å². The van der Waals surface area contributed by atoms with Gasteiger partial charge in [0.2, 0.25) is 5.91 Å². The van der Waals surface area contributed by atoms with Gasteiger partial charge in [-0.1, -0.05) is 35.0 Å². The van der Waals surface area contributed by atoms with Crippen molar-refractivity contribution in [2.75, 3.05) is 20.2 Å². The summed E-state index contributed by atoms with van der Waals surface area (Å²) in [5.74, 6) is 0.413. The third kappa shape index (κ3) is 4.56. The van der Waals surface area contributed by atoms with Crippen molar-refractivity contribution in [3.05, 3.63) is 76.3 Å². The largest absolute Gasteiger partial charge is 0.492 e. The number of benzene rings is 2. The average molecular weight is 439 g/mol. The number of rotatable bonds is 7. The summed E-state index contributed by atoms with van der Waals surface area (Å²) in [6.45, 7) is 0.509. The van der Waals surface area contributed by atoms with Crippen molar-refractivity contribution in [2.24, 2.45) is 0 Å². The van der Waals surface area contributed by atoms with Crippen LogP contribution in [0.2, 0.25) is 5.02 Å². The Morgan fingerprint density at radius 2 is 1.87 bits per heavy atom. The Kier molecular flexibility index (Phi) is 5.94. The van der Waals surface area contributed by atoms with Gasteiger partial charge in [-0.25, -0.2) is 4.98 Å². The van der Waals surface area contributed by atoms with Crippen molar-refractivity contribution < 1.29 is 9.53 Å². The molecule has 2 aromatic carbocycles. The summed E-state index contributed by atoms with van der Waals surface area (Å²) in [7, 11) is 1.65. The first kappa shape index (κ1) is 20.5. The first-order chi connectivity index (χ1) is 15.0. The molecule has 2 heterocycles.